The van der Waals surface area contributed by atoms with Gasteiger partial charge in [0.2, 0.25) is 10.0 Å². The van der Waals surface area contributed by atoms with E-state index in [-0.39, 0.29) is 10.8 Å². The first kappa shape index (κ1) is 14.0. The highest BCUT2D eigenvalue weighted by Crippen LogP contribution is 2.28. The monoisotopic (exact) mass is 282 g/mol. The van der Waals surface area contributed by atoms with Crippen LogP contribution in [0.15, 0.2) is 23.1 Å². The second-order valence-electron chi connectivity index (χ2n) is 4.84. The van der Waals surface area contributed by atoms with Gasteiger partial charge in [0, 0.05) is 18.2 Å². The van der Waals surface area contributed by atoms with Gasteiger partial charge in [0.15, 0.2) is 0 Å². The summed E-state index contributed by atoms with van der Waals surface area (Å²) in [6.45, 7) is 4.34. The van der Waals surface area contributed by atoms with Crippen molar-refractivity contribution < 1.29 is 13.2 Å². The molecule has 1 fully saturated rings. The van der Waals surface area contributed by atoms with Gasteiger partial charge in [0.05, 0.1) is 4.90 Å². The number of primary sulfonamides is 1. The van der Waals surface area contributed by atoms with Gasteiger partial charge in [0.1, 0.15) is 0 Å². The van der Waals surface area contributed by atoms with E-state index < -0.39 is 10.0 Å². The van der Waals surface area contributed by atoms with Crippen molar-refractivity contribution in [2.24, 2.45) is 5.14 Å². The van der Waals surface area contributed by atoms with Crippen LogP contribution in [-0.2, 0) is 10.0 Å². The van der Waals surface area contributed by atoms with Gasteiger partial charge in [0.25, 0.3) is 5.91 Å². The van der Waals surface area contributed by atoms with Crippen molar-refractivity contribution in [1.29, 1.82) is 0 Å². The number of carbonyl (C=O) groups is 1. The molecular weight excluding hydrogens is 264 g/mol. The van der Waals surface area contributed by atoms with Crippen LogP contribution in [0.4, 0.5) is 0 Å². The third-order valence-corrected chi connectivity index (χ3v) is 4.26. The number of nitrogens with zero attached hydrogens (tertiary/aromatic N) is 1. The molecule has 5 nitrogen and oxygen atoms in total. The lowest BCUT2D eigenvalue weighted by molar-refractivity contribution is 0.0751. The molecule has 1 amide bonds. The first-order chi connectivity index (χ1) is 8.84. The quantitative estimate of drug-likeness (QED) is 0.903. The van der Waals surface area contributed by atoms with Gasteiger partial charge in [-0.1, -0.05) is 0 Å². The van der Waals surface area contributed by atoms with E-state index in [1.165, 1.54) is 12.1 Å². The number of sulfonamides is 1. The van der Waals surface area contributed by atoms with Crippen molar-refractivity contribution in [2.45, 2.75) is 37.6 Å². The van der Waals surface area contributed by atoms with Crippen molar-refractivity contribution in [2.75, 3.05) is 6.54 Å². The van der Waals surface area contributed by atoms with E-state index >= 15 is 0 Å². The lowest BCUT2D eigenvalue weighted by Crippen LogP contribution is -2.33. The van der Waals surface area contributed by atoms with Gasteiger partial charge in [-0.3, -0.25) is 4.79 Å². The standard InChI is InChI=1S/C13H18N2O3S/c1-3-15(10-4-5-10)13(16)12-7-6-11(8-9(12)2)19(14,17)18/h6-8,10H,3-5H2,1-2H3,(H2,14,17,18). The number of rotatable bonds is 4. The molecule has 0 atom stereocenters. The van der Waals surface area contributed by atoms with Crippen molar-refractivity contribution >= 4 is 15.9 Å². The number of hydrogen-bond acceptors (Lipinski definition) is 3. The van der Waals surface area contributed by atoms with Crippen molar-refractivity contribution in [3.63, 3.8) is 0 Å². The van der Waals surface area contributed by atoms with Gasteiger partial charge in [-0.2, -0.15) is 0 Å². The van der Waals surface area contributed by atoms with Crippen LogP contribution in [0.3, 0.4) is 0 Å². The minimum Gasteiger partial charge on any atom is -0.336 e. The Balaban J connectivity index is 2.33. The first-order valence-corrected chi connectivity index (χ1v) is 7.83. The SMILES string of the molecule is CCN(C(=O)c1ccc(S(N)(=O)=O)cc1C)C1CC1. The molecule has 2 N–H and O–H groups in total. The minimum atomic E-state index is -3.72. The molecule has 0 saturated heterocycles. The van der Waals surface area contributed by atoms with Gasteiger partial charge in [-0.15, -0.1) is 0 Å². The maximum absolute atomic E-state index is 12.4. The highest BCUT2D eigenvalue weighted by molar-refractivity contribution is 7.89. The summed E-state index contributed by atoms with van der Waals surface area (Å²) in [7, 11) is -3.72. The highest BCUT2D eigenvalue weighted by atomic mass is 32.2. The molecule has 0 aromatic heterocycles. The van der Waals surface area contributed by atoms with Crippen LogP contribution in [0.25, 0.3) is 0 Å². The normalized spacial score (nSPS) is 15.3. The van der Waals surface area contributed by atoms with Crippen LogP contribution in [0.1, 0.15) is 35.7 Å². The molecule has 0 spiro atoms. The zero-order chi connectivity index (χ0) is 14.2. The summed E-state index contributed by atoms with van der Waals surface area (Å²) in [5, 5.41) is 5.07. The Bertz CT molecular complexity index is 606. The van der Waals surface area contributed by atoms with Crippen LogP contribution >= 0.6 is 0 Å². The average molecular weight is 282 g/mol. The molecule has 0 bridgehead atoms. The molecule has 1 aromatic carbocycles. The van der Waals surface area contributed by atoms with Crippen molar-refractivity contribution in [1.82, 2.24) is 4.90 Å². The third-order valence-electron chi connectivity index (χ3n) is 3.35. The number of nitrogens with two attached hydrogens (primary N) is 1. The molecule has 0 unspecified atom stereocenters. The van der Waals surface area contributed by atoms with E-state index in [0.29, 0.717) is 23.7 Å². The molecule has 1 aliphatic rings. The predicted octanol–water partition coefficient (Wildman–Crippen LogP) is 1.27. The zero-order valence-electron chi connectivity index (χ0n) is 11.1. The van der Waals surface area contributed by atoms with Crippen molar-refractivity contribution in [3.05, 3.63) is 29.3 Å². The topological polar surface area (TPSA) is 80.5 Å². The van der Waals surface area contributed by atoms with Gasteiger partial charge >= 0.3 is 0 Å². The number of hydrogen-bond donors (Lipinski definition) is 1. The fourth-order valence-corrected chi connectivity index (χ4v) is 2.76. The van der Waals surface area contributed by atoms with E-state index in [1.807, 2.05) is 11.8 Å². The van der Waals surface area contributed by atoms with Crippen LogP contribution in [-0.4, -0.2) is 31.8 Å². The smallest absolute Gasteiger partial charge is 0.254 e. The molecule has 1 aliphatic carbocycles. The molecule has 0 radical (unpaired) electrons. The Labute approximate surface area is 113 Å². The Morgan fingerprint density at radius 3 is 2.47 bits per heavy atom. The maximum Gasteiger partial charge on any atom is 0.254 e. The van der Waals surface area contributed by atoms with Crippen LogP contribution in [0.2, 0.25) is 0 Å². The fourth-order valence-electron chi connectivity index (χ4n) is 2.16. The van der Waals surface area contributed by atoms with E-state index in [2.05, 4.69) is 0 Å². The molecular formula is C13H18N2O3S. The van der Waals surface area contributed by atoms with Gasteiger partial charge in [-0.25, -0.2) is 13.6 Å². The minimum absolute atomic E-state index is 0.0380. The lowest BCUT2D eigenvalue weighted by Gasteiger charge is -2.21. The molecule has 0 aliphatic heterocycles. The summed E-state index contributed by atoms with van der Waals surface area (Å²) >= 11 is 0. The number of carbonyl (C=O) groups excluding carboxylic acids is 1. The van der Waals surface area contributed by atoms with E-state index in [4.69, 9.17) is 5.14 Å². The highest BCUT2D eigenvalue weighted by Gasteiger charge is 2.32. The number of benzene rings is 1. The van der Waals surface area contributed by atoms with E-state index in [0.717, 1.165) is 12.8 Å². The van der Waals surface area contributed by atoms with Crippen LogP contribution in [0, 0.1) is 6.92 Å². The second-order valence-corrected chi connectivity index (χ2v) is 6.41. The summed E-state index contributed by atoms with van der Waals surface area (Å²) in [6.07, 6.45) is 2.10. The van der Waals surface area contributed by atoms with E-state index in [1.54, 1.807) is 13.0 Å². The van der Waals surface area contributed by atoms with Crippen LogP contribution in [0.5, 0.6) is 0 Å². The second kappa shape index (κ2) is 4.94. The lowest BCUT2D eigenvalue weighted by atomic mass is 10.1. The average Bonchev–Trinajstić information content (AvgIpc) is 3.13. The Hall–Kier alpha value is -1.40. The number of aryl methyl sites for hydroxylation is 1. The fraction of sp³-hybridized carbons (Fsp3) is 0.462. The Morgan fingerprint density at radius 2 is 2.05 bits per heavy atom. The Kier molecular flexibility index (Phi) is 3.64. The third kappa shape index (κ3) is 2.96. The summed E-state index contributed by atoms with van der Waals surface area (Å²) in [5.41, 5.74) is 1.18. The molecule has 104 valence electrons. The molecule has 0 heterocycles. The molecule has 1 saturated carbocycles. The van der Waals surface area contributed by atoms with E-state index in [9.17, 15) is 13.2 Å². The van der Waals surface area contributed by atoms with Crippen molar-refractivity contribution in [3.8, 4) is 0 Å². The predicted molar refractivity (Wildman–Crippen MR) is 72.3 cm³/mol. The Morgan fingerprint density at radius 1 is 1.42 bits per heavy atom. The summed E-state index contributed by atoms with van der Waals surface area (Å²) in [4.78, 5) is 14.3. The largest absolute Gasteiger partial charge is 0.336 e. The molecule has 2 rings (SSSR count). The summed E-state index contributed by atoms with van der Waals surface area (Å²) in [6, 6.07) is 4.72. The van der Waals surface area contributed by atoms with Gasteiger partial charge < -0.3 is 4.90 Å². The number of amides is 1. The molecule has 6 heteroatoms. The zero-order valence-corrected chi connectivity index (χ0v) is 11.9. The summed E-state index contributed by atoms with van der Waals surface area (Å²) < 4.78 is 22.5. The van der Waals surface area contributed by atoms with Crippen LogP contribution < -0.4 is 5.14 Å². The summed E-state index contributed by atoms with van der Waals surface area (Å²) in [5.74, 6) is -0.0385. The first-order valence-electron chi connectivity index (χ1n) is 6.29. The maximum atomic E-state index is 12.4. The van der Waals surface area contributed by atoms with Gasteiger partial charge in [-0.05, 0) is 50.5 Å². The molecule has 19 heavy (non-hydrogen) atoms. The molecule has 1 aromatic rings.